The quantitative estimate of drug-likeness (QED) is 0.929. The Morgan fingerprint density at radius 2 is 2.00 bits per heavy atom. The van der Waals surface area contributed by atoms with E-state index in [0.29, 0.717) is 13.0 Å². The van der Waals surface area contributed by atoms with Crippen LogP contribution < -0.4 is 4.72 Å². The Morgan fingerprint density at radius 1 is 1.19 bits per heavy atom. The van der Waals surface area contributed by atoms with Gasteiger partial charge in [-0.15, -0.1) is 0 Å². The van der Waals surface area contributed by atoms with E-state index in [1.165, 1.54) is 23.4 Å². The number of aromatic nitrogens is 1. The molecule has 1 atom stereocenters. The molecule has 110 valence electrons. The maximum absolute atomic E-state index is 12.1. The van der Waals surface area contributed by atoms with Crippen LogP contribution in [-0.2, 0) is 27.8 Å². The largest absolute Gasteiger partial charge is 0.372 e. The summed E-state index contributed by atoms with van der Waals surface area (Å²) in [6.45, 7) is 0.779. The van der Waals surface area contributed by atoms with Crippen molar-refractivity contribution >= 4 is 10.0 Å². The number of pyridine rings is 1. The lowest BCUT2D eigenvalue weighted by Crippen LogP contribution is -2.36. The van der Waals surface area contributed by atoms with Crippen LogP contribution in [0, 0.1) is 0 Å². The van der Waals surface area contributed by atoms with E-state index in [4.69, 9.17) is 4.74 Å². The molecular formula is C15H16N2O3S. The van der Waals surface area contributed by atoms with Gasteiger partial charge in [-0.2, -0.15) is 0 Å². The summed E-state index contributed by atoms with van der Waals surface area (Å²) in [5, 5.41) is 0. The average molecular weight is 304 g/mol. The molecule has 1 aliphatic rings. The normalized spacial score (nSPS) is 18.2. The number of sulfonamides is 1. The molecule has 0 saturated carbocycles. The molecule has 0 fully saturated rings. The van der Waals surface area contributed by atoms with Gasteiger partial charge >= 0.3 is 0 Å². The zero-order chi connectivity index (χ0) is 14.7. The average Bonchev–Trinajstić information content (AvgIpc) is 2.54. The van der Waals surface area contributed by atoms with Gasteiger partial charge in [0.25, 0.3) is 0 Å². The summed E-state index contributed by atoms with van der Waals surface area (Å²) >= 11 is 0. The van der Waals surface area contributed by atoms with Gasteiger partial charge in [-0.1, -0.05) is 24.3 Å². The van der Waals surface area contributed by atoms with Crippen LogP contribution in [0.1, 0.15) is 11.1 Å². The van der Waals surface area contributed by atoms with Crippen molar-refractivity contribution in [1.82, 2.24) is 9.71 Å². The molecule has 0 saturated heterocycles. The maximum Gasteiger partial charge on any atom is 0.242 e. The van der Waals surface area contributed by atoms with Crippen molar-refractivity contribution in [3.63, 3.8) is 0 Å². The first-order valence-electron chi connectivity index (χ1n) is 6.73. The van der Waals surface area contributed by atoms with Crippen molar-refractivity contribution in [3.05, 3.63) is 59.9 Å². The molecule has 1 N–H and O–H groups in total. The van der Waals surface area contributed by atoms with Gasteiger partial charge in [0, 0.05) is 25.4 Å². The Morgan fingerprint density at radius 3 is 2.76 bits per heavy atom. The first kappa shape index (κ1) is 14.2. The molecule has 2 aromatic rings. The van der Waals surface area contributed by atoms with E-state index in [9.17, 15) is 8.42 Å². The molecule has 3 rings (SSSR count). The molecule has 0 radical (unpaired) electrons. The van der Waals surface area contributed by atoms with Gasteiger partial charge in [0.2, 0.25) is 10.0 Å². The number of hydrogen-bond acceptors (Lipinski definition) is 4. The fraction of sp³-hybridized carbons (Fsp3) is 0.267. The second kappa shape index (κ2) is 5.93. The van der Waals surface area contributed by atoms with Crippen molar-refractivity contribution in [3.8, 4) is 0 Å². The minimum Gasteiger partial charge on any atom is -0.372 e. The number of fused-ring (bicyclic) bond motifs is 1. The van der Waals surface area contributed by atoms with Gasteiger partial charge in [-0.05, 0) is 23.3 Å². The van der Waals surface area contributed by atoms with Crippen LogP contribution in [-0.4, -0.2) is 26.1 Å². The minimum atomic E-state index is -3.53. The summed E-state index contributed by atoms with van der Waals surface area (Å²) in [5.41, 5.74) is 2.39. The molecule has 1 aliphatic heterocycles. The van der Waals surface area contributed by atoms with Crippen LogP contribution in [0.15, 0.2) is 53.7 Å². The molecule has 0 unspecified atom stereocenters. The highest BCUT2D eigenvalue weighted by molar-refractivity contribution is 7.89. The van der Waals surface area contributed by atoms with Crippen LogP contribution in [0.3, 0.4) is 0 Å². The third kappa shape index (κ3) is 3.29. The van der Waals surface area contributed by atoms with E-state index in [1.54, 1.807) is 12.3 Å². The van der Waals surface area contributed by atoms with Crippen LogP contribution in [0.2, 0.25) is 0 Å². The van der Waals surface area contributed by atoms with E-state index in [-0.39, 0.29) is 17.5 Å². The molecule has 0 aliphatic carbocycles. The van der Waals surface area contributed by atoms with Gasteiger partial charge in [0.05, 0.1) is 12.7 Å². The van der Waals surface area contributed by atoms with Gasteiger partial charge in [-0.3, -0.25) is 4.98 Å². The predicted octanol–water partition coefficient (Wildman–Crippen LogP) is 1.50. The molecule has 6 heteroatoms. The van der Waals surface area contributed by atoms with Gasteiger partial charge in [-0.25, -0.2) is 13.1 Å². The Kier molecular flexibility index (Phi) is 4.01. The molecule has 0 amide bonds. The maximum atomic E-state index is 12.1. The molecule has 0 spiro atoms. The number of rotatable bonds is 4. The number of nitrogens with one attached hydrogen (secondary N) is 1. The monoisotopic (exact) mass is 304 g/mol. The predicted molar refractivity (Wildman–Crippen MR) is 78.1 cm³/mol. The van der Waals surface area contributed by atoms with E-state index in [0.717, 1.165) is 0 Å². The van der Waals surface area contributed by atoms with Crippen LogP contribution in [0.4, 0.5) is 0 Å². The number of ether oxygens (including phenoxy) is 1. The Balaban J connectivity index is 1.64. The number of benzene rings is 1. The minimum absolute atomic E-state index is 0.147. The summed E-state index contributed by atoms with van der Waals surface area (Å²) in [5.74, 6) is 0. The summed E-state index contributed by atoms with van der Waals surface area (Å²) in [6.07, 6.45) is 3.44. The Labute approximate surface area is 124 Å². The standard InChI is InChI=1S/C15H16N2O3S/c18-21(19,15-6-3-7-16-10-15)17-9-14-8-12-4-1-2-5-13(12)11-20-14/h1-7,10,14,17H,8-9,11H2/t14-/m1/s1. The van der Waals surface area contributed by atoms with Crippen molar-refractivity contribution in [2.45, 2.75) is 24.0 Å². The molecule has 5 nitrogen and oxygen atoms in total. The van der Waals surface area contributed by atoms with Gasteiger partial charge < -0.3 is 4.74 Å². The first-order valence-corrected chi connectivity index (χ1v) is 8.21. The van der Waals surface area contributed by atoms with Crippen molar-refractivity contribution in [2.75, 3.05) is 6.54 Å². The highest BCUT2D eigenvalue weighted by atomic mass is 32.2. The highest BCUT2D eigenvalue weighted by Gasteiger charge is 2.21. The van der Waals surface area contributed by atoms with Crippen molar-refractivity contribution < 1.29 is 13.2 Å². The van der Waals surface area contributed by atoms with Crippen molar-refractivity contribution in [2.24, 2.45) is 0 Å². The fourth-order valence-corrected chi connectivity index (χ4v) is 3.36. The Bertz CT molecular complexity index is 717. The lowest BCUT2D eigenvalue weighted by molar-refractivity contribution is 0.0322. The molecule has 1 aromatic heterocycles. The van der Waals surface area contributed by atoms with E-state index in [2.05, 4.69) is 15.8 Å². The van der Waals surface area contributed by atoms with Crippen LogP contribution >= 0.6 is 0 Å². The molecule has 0 bridgehead atoms. The number of hydrogen-bond donors (Lipinski definition) is 1. The zero-order valence-corrected chi connectivity index (χ0v) is 12.2. The Hall–Kier alpha value is -1.76. The van der Waals surface area contributed by atoms with E-state index < -0.39 is 10.0 Å². The van der Waals surface area contributed by atoms with Crippen molar-refractivity contribution in [1.29, 1.82) is 0 Å². The molecule has 1 aromatic carbocycles. The zero-order valence-electron chi connectivity index (χ0n) is 11.4. The third-order valence-corrected chi connectivity index (χ3v) is 4.90. The topological polar surface area (TPSA) is 68.3 Å². The summed E-state index contributed by atoms with van der Waals surface area (Å²) in [6, 6.07) is 11.2. The second-order valence-electron chi connectivity index (χ2n) is 4.95. The summed E-state index contributed by atoms with van der Waals surface area (Å²) in [4.78, 5) is 3.99. The van der Waals surface area contributed by atoms with E-state index in [1.807, 2.05) is 18.2 Å². The smallest absolute Gasteiger partial charge is 0.242 e. The van der Waals surface area contributed by atoms with Crippen LogP contribution in [0.5, 0.6) is 0 Å². The van der Waals surface area contributed by atoms with Gasteiger partial charge in [0.15, 0.2) is 0 Å². The molecule has 21 heavy (non-hydrogen) atoms. The fourth-order valence-electron chi connectivity index (χ4n) is 2.33. The molecule has 2 heterocycles. The van der Waals surface area contributed by atoms with Gasteiger partial charge in [0.1, 0.15) is 4.90 Å². The van der Waals surface area contributed by atoms with E-state index >= 15 is 0 Å². The number of nitrogens with zero attached hydrogens (tertiary/aromatic N) is 1. The van der Waals surface area contributed by atoms with Crippen LogP contribution in [0.25, 0.3) is 0 Å². The lowest BCUT2D eigenvalue weighted by Gasteiger charge is -2.25. The lowest BCUT2D eigenvalue weighted by atomic mass is 9.99. The first-order chi connectivity index (χ1) is 10.1. The summed E-state index contributed by atoms with van der Waals surface area (Å²) in [7, 11) is -3.53. The molecular weight excluding hydrogens is 288 g/mol. The SMILES string of the molecule is O=S(=O)(NC[C@H]1Cc2ccccc2CO1)c1cccnc1. The second-order valence-corrected chi connectivity index (χ2v) is 6.71. The third-order valence-electron chi connectivity index (χ3n) is 3.49. The summed E-state index contributed by atoms with van der Waals surface area (Å²) < 4.78 is 32.5. The highest BCUT2D eigenvalue weighted by Crippen LogP contribution is 2.20.